The Bertz CT molecular complexity index is 684. The van der Waals surface area contributed by atoms with E-state index in [-0.39, 0.29) is 24.8 Å². The highest BCUT2D eigenvalue weighted by Crippen LogP contribution is 2.22. The summed E-state index contributed by atoms with van der Waals surface area (Å²) in [5.74, 6) is 0.00663. The van der Waals surface area contributed by atoms with Crippen molar-refractivity contribution in [3.05, 3.63) is 60.1 Å². The van der Waals surface area contributed by atoms with Crippen LogP contribution in [0.4, 0.5) is 0 Å². The first-order valence-corrected chi connectivity index (χ1v) is 7.93. The number of amides is 2. The van der Waals surface area contributed by atoms with Crippen molar-refractivity contribution in [1.29, 1.82) is 0 Å². The van der Waals surface area contributed by atoms with E-state index >= 15 is 0 Å². The molecule has 0 unspecified atom stereocenters. The number of furan rings is 1. The number of likely N-dealkylation sites (tertiary alicyclic amines) is 1. The summed E-state index contributed by atoms with van der Waals surface area (Å²) in [5.41, 5.74) is 0.838. The fourth-order valence-corrected chi connectivity index (χ4v) is 2.90. The van der Waals surface area contributed by atoms with E-state index in [1.54, 1.807) is 23.3 Å². The van der Waals surface area contributed by atoms with Crippen LogP contribution in [0.25, 0.3) is 0 Å². The molecule has 1 saturated heterocycles. The molecule has 3 rings (SSSR count). The second kappa shape index (κ2) is 7.31. The molecule has 1 aliphatic rings. The third kappa shape index (κ3) is 3.65. The van der Waals surface area contributed by atoms with Crippen molar-refractivity contribution < 1.29 is 19.1 Å². The van der Waals surface area contributed by atoms with Gasteiger partial charge in [-0.15, -0.1) is 0 Å². The van der Waals surface area contributed by atoms with Gasteiger partial charge in [0.15, 0.2) is 0 Å². The molecule has 0 aliphatic carbocycles. The Morgan fingerprint density at radius 2 is 2.08 bits per heavy atom. The minimum absolute atomic E-state index is 0.0631. The molecule has 1 aliphatic heterocycles. The molecule has 6 heteroatoms. The third-order valence-electron chi connectivity index (χ3n) is 4.21. The fourth-order valence-electron chi connectivity index (χ4n) is 2.90. The molecule has 0 bridgehead atoms. The summed E-state index contributed by atoms with van der Waals surface area (Å²) in [7, 11) is 0. The first kappa shape index (κ1) is 16.3. The van der Waals surface area contributed by atoms with E-state index in [2.05, 4.69) is 5.32 Å². The van der Waals surface area contributed by atoms with Gasteiger partial charge in [0.2, 0.25) is 11.8 Å². The number of nitrogens with one attached hydrogen (secondary N) is 1. The van der Waals surface area contributed by atoms with E-state index < -0.39 is 12.0 Å². The van der Waals surface area contributed by atoms with Crippen molar-refractivity contribution in [1.82, 2.24) is 10.2 Å². The maximum atomic E-state index is 12.5. The smallest absolute Gasteiger partial charge is 0.225 e. The van der Waals surface area contributed by atoms with Crippen molar-refractivity contribution in [2.24, 2.45) is 5.92 Å². The molecule has 24 heavy (non-hydrogen) atoms. The van der Waals surface area contributed by atoms with Crippen molar-refractivity contribution in [2.45, 2.75) is 19.0 Å². The van der Waals surface area contributed by atoms with E-state index in [1.165, 1.54) is 0 Å². The second-order valence-corrected chi connectivity index (χ2v) is 5.91. The molecule has 2 N–H and O–H groups in total. The van der Waals surface area contributed by atoms with Gasteiger partial charge in [0, 0.05) is 13.0 Å². The Labute approximate surface area is 140 Å². The molecule has 6 nitrogen and oxygen atoms in total. The van der Waals surface area contributed by atoms with E-state index in [1.807, 2.05) is 30.3 Å². The van der Waals surface area contributed by atoms with Gasteiger partial charge in [0.1, 0.15) is 5.76 Å². The number of hydrogen-bond acceptors (Lipinski definition) is 4. The molecular formula is C18H20N2O4. The van der Waals surface area contributed by atoms with Crippen molar-refractivity contribution >= 4 is 11.8 Å². The van der Waals surface area contributed by atoms with Gasteiger partial charge < -0.3 is 19.7 Å². The van der Waals surface area contributed by atoms with Gasteiger partial charge in [0.25, 0.3) is 0 Å². The number of carbonyl (C=O) groups is 2. The maximum absolute atomic E-state index is 12.5. The van der Waals surface area contributed by atoms with Crippen molar-refractivity contribution in [2.75, 3.05) is 13.2 Å². The van der Waals surface area contributed by atoms with E-state index in [0.717, 1.165) is 5.56 Å². The summed E-state index contributed by atoms with van der Waals surface area (Å²) in [4.78, 5) is 26.2. The fraction of sp³-hybridized carbons (Fsp3) is 0.333. The van der Waals surface area contributed by atoms with Crippen molar-refractivity contribution in [3.63, 3.8) is 0 Å². The van der Waals surface area contributed by atoms with Gasteiger partial charge >= 0.3 is 0 Å². The van der Waals surface area contributed by atoms with Crippen LogP contribution in [-0.2, 0) is 16.1 Å². The van der Waals surface area contributed by atoms with E-state index in [9.17, 15) is 14.7 Å². The van der Waals surface area contributed by atoms with Crippen molar-refractivity contribution in [3.8, 4) is 0 Å². The normalized spacial score (nSPS) is 18.6. The van der Waals surface area contributed by atoms with Crippen LogP contribution in [-0.4, -0.2) is 35.0 Å². The molecule has 0 radical (unpaired) electrons. The molecule has 0 saturated carbocycles. The summed E-state index contributed by atoms with van der Waals surface area (Å²) < 4.78 is 5.25. The zero-order chi connectivity index (χ0) is 16.9. The predicted molar refractivity (Wildman–Crippen MR) is 86.6 cm³/mol. The Kier molecular flexibility index (Phi) is 4.96. The average Bonchev–Trinajstić information content (AvgIpc) is 3.24. The lowest BCUT2D eigenvalue weighted by atomic mass is 10.0. The van der Waals surface area contributed by atoms with Gasteiger partial charge in [-0.1, -0.05) is 30.3 Å². The number of nitrogens with zero attached hydrogens (tertiary/aromatic N) is 1. The molecule has 2 heterocycles. The summed E-state index contributed by atoms with van der Waals surface area (Å²) in [6.45, 7) is 0.544. The Balaban J connectivity index is 1.60. The standard InChI is InChI=1S/C18H20N2O4/c21-12-16(13-5-2-1-3-6-13)19-18(23)14-9-17(22)20(10-14)11-15-7-4-8-24-15/h1-8,14,16,21H,9-12H2,(H,19,23)/t14-,16+/m0/s1. The number of hydrogen-bond donors (Lipinski definition) is 2. The largest absolute Gasteiger partial charge is 0.467 e. The minimum Gasteiger partial charge on any atom is -0.467 e. The van der Waals surface area contributed by atoms with Gasteiger partial charge in [0.05, 0.1) is 31.4 Å². The monoisotopic (exact) mass is 328 g/mol. The maximum Gasteiger partial charge on any atom is 0.225 e. The Hall–Kier alpha value is -2.60. The molecule has 2 amide bonds. The molecule has 1 fully saturated rings. The molecule has 0 spiro atoms. The average molecular weight is 328 g/mol. The summed E-state index contributed by atoms with van der Waals surface area (Å²) in [6, 6.07) is 12.4. The predicted octanol–water partition coefficient (Wildman–Crippen LogP) is 1.48. The first-order chi connectivity index (χ1) is 11.7. The zero-order valence-electron chi connectivity index (χ0n) is 13.2. The Morgan fingerprint density at radius 3 is 2.75 bits per heavy atom. The molecule has 1 aromatic carbocycles. The SMILES string of the molecule is O=C(N[C@H](CO)c1ccccc1)[C@H]1CC(=O)N(Cc2ccco2)C1. The van der Waals surface area contributed by atoms with Gasteiger partial charge in [-0.05, 0) is 17.7 Å². The van der Waals surface area contributed by atoms with Crippen LogP contribution >= 0.6 is 0 Å². The first-order valence-electron chi connectivity index (χ1n) is 7.93. The van der Waals surface area contributed by atoms with Crippen LogP contribution < -0.4 is 5.32 Å². The topological polar surface area (TPSA) is 82.8 Å². The molecule has 2 atom stereocenters. The lowest BCUT2D eigenvalue weighted by Gasteiger charge is -2.19. The highest BCUT2D eigenvalue weighted by Gasteiger charge is 2.35. The number of benzene rings is 1. The molecule has 1 aromatic heterocycles. The summed E-state index contributed by atoms with van der Waals surface area (Å²) in [6.07, 6.45) is 1.74. The highest BCUT2D eigenvalue weighted by atomic mass is 16.3. The lowest BCUT2D eigenvalue weighted by molar-refractivity contribution is -0.129. The molecular weight excluding hydrogens is 308 g/mol. The van der Waals surface area contributed by atoms with Gasteiger partial charge in [-0.2, -0.15) is 0 Å². The number of aliphatic hydroxyl groups excluding tert-OH is 1. The molecule has 2 aromatic rings. The molecule has 126 valence electrons. The second-order valence-electron chi connectivity index (χ2n) is 5.91. The summed E-state index contributed by atoms with van der Waals surface area (Å²) >= 11 is 0. The van der Waals surface area contributed by atoms with Crippen LogP contribution in [0.3, 0.4) is 0 Å². The number of rotatable bonds is 6. The van der Waals surface area contributed by atoms with E-state index in [0.29, 0.717) is 18.8 Å². The lowest BCUT2D eigenvalue weighted by Crippen LogP contribution is -2.36. The van der Waals surface area contributed by atoms with Gasteiger partial charge in [-0.25, -0.2) is 0 Å². The minimum atomic E-state index is -0.465. The van der Waals surface area contributed by atoms with Crippen LogP contribution in [0.2, 0.25) is 0 Å². The van der Waals surface area contributed by atoms with Crippen LogP contribution in [0.5, 0.6) is 0 Å². The number of carbonyl (C=O) groups excluding carboxylic acids is 2. The van der Waals surface area contributed by atoms with Crippen LogP contribution in [0.15, 0.2) is 53.1 Å². The number of aliphatic hydroxyl groups is 1. The van der Waals surface area contributed by atoms with Crippen LogP contribution in [0.1, 0.15) is 23.8 Å². The van der Waals surface area contributed by atoms with E-state index in [4.69, 9.17) is 4.42 Å². The summed E-state index contributed by atoms with van der Waals surface area (Å²) in [5, 5.41) is 12.4. The van der Waals surface area contributed by atoms with Crippen LogP contribution in [0, 0.1) is 5.92 Å². The Morgan fingerprint density at radius 1 is 1.29 bits per heavy atom. The zero-order valence-corrected chi connectivity index (χ0v) is 13.2. The quantitative estimate of drug-likeness (QED) is 0.841. The third-order valence-corrected chi connectivity index (χ3v) is 4.21. The highest BCUT2D eigenvalue weighted by molar-refractivity contribution is 5.89. The van der Waals surface area contributed by atoms with Gasteiger partial charge in [-0.3, -0.25) is 9.59 Å².